The summed E-state index contributed by atoms with van der Waals surface area (Å²) >= 11 is 0. The topological polar surface area (TPSA) is 55.8 Å². The number of esters is 1. The van der Waals surface area contributed by atoms with Crippen molar-refractivity contribution in [2.24, 2.45) is 0 Å². The molecular formula is C31H27NO4. The fraction of sp³-hybridized carbons (Fsp3) is 0.161. The Kier molecular flexibility index (Phi) is 7.08. The molecule has 0 unspecified atom stereocenters. The molecule has 0 aliphatic carbocycles. The Morgan fingerprint density at radius 2 is 1.19 bits per heavy atom. The minimum Gasteiger partial charge on any atom is -0.453 e. The maximum atomic E-state index is 13.8. The summed E-state index contributed by atoms with van der Waals surface area (Å²) < 4.78 is 11.9. The molecule has 0 spiro atoms. The third kappa shape index (κ3) is 5.15. The maximum Gasteiger partial charge on any atom is 0.411 e. The number of carbonyl (C=O) groups is 2. The molecule has 5 nitrogen and oxygen atoms in total. The zero-order chi connectivity index (χ0) is 24.7. The molecule has 180 valence electrons. The molecule has 5 heteroatoms. The molecule has 0 bridgehead atoms. The SMILES string of the molecule is O=C1O[C@@H](c2ccccc2)[C@@H](c2ccccc2)N(C(=O)OCc2ccccc2)[C@@H]1Cc1ccccc1. The van der Waals surface area contributed by atoms with Crippen molar-refractivity contribution in [2.45, 2.75) is 31.2 Å². The molecule has 1 heterocycles. The number of cyclic esters (lactones) is 1. The summed E-state index contributed by atoms with van der Waals surface area (Å²) in [6, 6.07) is 37.0. The zero-order valence-corrected chi connectivity index (χ0v) is 19.8. The van der Waals surface area contributed by atoms with Crippen LogP contribution in [0.2, 0.25) is 0 Å². The third-order valence-electron chi connectivity index (χ3n) is 6.39. The van der Waals surface area contributed by atoms with Crippen LogP contribution in [0.5, 0.6) is 0 Å². The van der Waals surface area contributed by atoms with Gasteiger partial charge in [0.2, 0.25) is 0 Å². The van der Waals surface area contributed by atoms with E-state index in [9.17, 15) is 9.59 Å². The van der Waals surface area contributed by atoms with Gasteiger partial charge in [-0.2, -0.15) is 0 Å². The van der Waals surface area contributed by atoms with Gasteiger partial charge in [-0.3, -0.25) is 4.90 Å². The van der Waals surface area contributed by atoms with E-state index in [0.717, 1.165) is 22.3 Å². The van der Waals surface area contributed by atoms with Crippen LogP contribution in [0.4, 0.5) is 4.79 Å². The number of rotatable bonds is 6. The Morgan fingerprint density at radius 3 is 1.78 bits per heavy atom. The molecule has 1 amide bonds. The van der Waals surface area contributed by atoms with Crippen LogP contribution in [0.15, 0.2) is 121 Å². The molecule has 1 aliphatic rings. The lowest BCUT2D eigenvalue weighted by molar-refractivity contribution is -0.173. The number of ether oxygens (including phenoxy) is 2. The van der Waals surface area contributed by atoms with Crippen molar-refractivity contribution in [1.82, 2.24) is 4.90 Å². The largest absolute Gasteiger partial charge is 0.453 e. The molecule has 4 aromatic carbocycles. The highest BCUT2D eigenvalue weighted by Crippen LogP contribution is 2.43. The van der Waals surface area contributed by atoms with E-state index in [4.69, 9.17) is 9.47 Å². The number of hydrogen-bond acceptors (Lipinski definition) is 4. The van der Waals surface area contributed by atoms with E-state index in [2.05, 4.69) is 0 Å². The van der Waals surface area contributed by atoms with Crippen LogP contribution in [0.1, 0.15) is 34.4 Å². The second-order valence-electron chi connectivity index (χ2n) is 8.78. The normalized spacial score (nSPS) is 19.4. The molecule has 0 saturated carbocycles. The Labute approximate surface area is 210 Å². The third-order valence-corrected chi connectivity index (χ3v) is 6.39. The van der Waals surface area contributed by atoms with Gasteiger partial charge in [-0.1, -0.05) is 121 Å². The number of morpholine rings is 1. The van der Waals surface area contributed by atoms with Crippen LogP contribution in [0, 0.1) is 0 Å². The van der Waals surface area contributed by atoms with Crippen molar-refractivity contribution in [2.75, 3.05) is 0 Å². The van der Waals surface area contributed by atoms with Crippen LogP contribution < -0.4 is 0 Å². The minimum absolute atomic E-state index is 0.112. The molecule has 36 heavy (non-hydrogen) atoms. The summed E-state index contributed by atoms with van der Waals surface area (Å²) in [4.78, 5) is 28.8. The van der Waals surface area contributed by atoms with Crippen LogP contribution in [0.25, 0.3) is 0 Å². The molecule has 4 aromatic rings. The van der Waals surface area contributed by atoms with E-state index in [1.54, 1.807) is 4.90 Å². The van der Waals surface area contributed by atoms with Gasteiger partial charge in [0.15, 0.2) is 6.10 Å². The van der Waals surface area contributed by atoms with Gasteiger partial charge in [-0.25, -0.2) is 9.59 Å². The van der Waals surface area contributed by atoms with Gasteiger partial charge in [-0.15, -0.1) is 0 Å². The average molecular weight is 478 g/mol. The van der Waals surface area contributed by atoms with Crippen LogP contribution in [0.3, 0.4) is 0 Å². The monoisotopic (exact) mass is 477 g/mol. The quantitative estimate of drug-likeness (QED) is 0.307. The molecule has 5 rings (SSSR count). The standard InChI is InChI=1S/C31H27NO4/c33-30-27(21-23-13-5-1-6-14-23)32(31(34)35-22-24-15-7-2-8-16-24)28(25-17-9-3-10-18-25)29(36-30)26-19-11-4-12-20-26/h1-20,27-29H,21-22H2/t27-,28-,29+/m1/s1. The second kappa shape index (κ2) is 10.9. The van der Waals surface area contributed by atoms with Crippen molar-refractivity contribution in [3.63, 3.8) is 0 Å². The maximum absolute atomic E-state index is 13.8. The summed E-state index contributed by atoms with van der Waals surface area (Å²) in [6.45, 7) is 0.112. The smallest absolute Gasteiger partial charge is 0.411 e. The highest BCUT2D eigenvalue weighted by atomic mass is 16.6. The minimum atomic E-state index is -0.833. The van der Waals surface area contributed by atoms with Gasteiger partial charge in [0.1, 0.15) is 18.7 Å². The molecule has 0 radical (unpaired) electrons. The molecule has 1 aliphatic heterocycles. The van der Waals surface area contributed by atoms with Gasteiger partial charge >= 0.3 is 12.1 Å². The summed E-state index contributed by atoms with van der Waals surface area (Å²) in [5, 5.41) is 0. The first-order valence-electron chi connectivity index (χ1n) is 12.0. The number of amides is 1. The lowest BCUT2D eigenvalue weighted by atomic mass is 9.90. The summed E-state index contributed by atoms with van der Waals surface area (Å²) in [6.07, 6.45) is -0.895. The Hall–Kier alpha value is -4.38. The zero-order valence-electron chi connectivity index (χ0n) is 19.8. The molecule has 0 N–H and O–H groups in total. The van der Waals surface area contributed by atoms with Crippen molar-refractivity contribution in [3.8, 4) is 0 Å². The summed E-state index contributed by atoms with van der Waals surface area (Å²) in [5.74, 6) is -0.448. The van der Waals surface area contributed by atoms with E-state index < -0.39 is 30.3 Å². The average Bonchev–Trinajstić information content (AvgIpc) is 2.94. The van der Waals surface area contributed by atoms with Gasteiger partial charge in [-0.05, 0) is 22.3 Å². The molecule has 3 atom stereocenters. The van der Waals surface area contributed by atoms with Gasteiger partial charge in [0, 0.05) is 6.42 Å². The molecule has 1 saturated heterocycles. The van der Waals surface area contributed by atoms with Crippen molar-refractivity contribution < 1.29 is 19.1 Å². The summed E-state index contributed by atoms with van der Waals surface area (Å²) in [7, 11) is 0. The first-order valence-corrected chi connectivity index (χ1v) is 12.0. The number of nitrogens with zero attached hydrogens (tertiary/aromatic N) is 1. The first kappa shape index (κ1) is 23.4. The van der Waals surface area contributed by atoms with Crippen LogP contribution >= 0.6 is 0 Å². The first-order chi connectivity index (χ1) is 17.7. The predicted octanol–water partition coefficient (Wildman–Crippen LogP) is 6.28. The molecular weight excluding hydrogens is 450 g/mol. The van der Waals surface area contributed by atoms with Crippen molar-refractivity contribution >= 4 is 12.1 Å². The van der Waals surface area contributed by atoms with Crippen molar-refractivity contribution in [3.05, 3.63) is 144 Å². The van der Waals surface area contributed by atoms with Gasteiger partial charge < -0.3 is 9.47 Å². The fourth-order valence-electron chi connectivity index (χ4n) is 4.65. The lowest BCUT2D eigenvalue weighted by Gasteiger charge is -2.44. The predicted molar refractivity (Wildman–Crippen MR) is 137 cm³/mol. The Bertz CT molecular complexity index is 1280. The van der Waals surface area contributed by atoms with Crippen molar-refractivity contribution in [1.29, 1.82) is 0 Å². The van der Waals surface area contributed by atoms with E-state index >= 15 is 0 Å². The summed E-state index contributed by atoms with van der Waals surface area (Å²) in [5.41, 5.74) is 3.50. The Balaban J connectivity index is 1.55. The van der Waals surface area contributed by atoms with E-state index in [1.807, 2.05) is 121 Å². The number of hydrogen-bond donors (Lipinski definition) is 0. The number of benzene rings is 4. The van der Waals surface area contributed by atoms with E-state index in [1.165, 1.54) is 0 Å². The highest BCUT2D eigenvalue weighted by Gasteiger charge is 2.48. The molecule has 1 fully saturated rings. The Morgan fingerprint density at radius 1 is 0.694 bits per heavy atom. The van der Waals surface area contributed by atoms with E-state index in [0.29, 0.717) is 6.42 Å². The van der Waals surface area contributed by atoms with E-state index in [-0.39, 0.29) is 6.61 Å². The molecule has 0 aromatic heterocycles. The van der Waals surface area contributed by atoms with Crippen LogP contribution in [-0.2, 0) is 27.3 Å². The van der Waals surface area contributed by atoms with Gasteiger partial charge in [0.05, 0.1) is 0 Å². The van der Waals surface area contributed by atoms with Gasteiger partial charge in [0.25, 0.3) is 0 Å². The lowest BCUT2D eigenvalue weighted by Crippen LogP contribution is -2.55. The van der Waals surface area contributed by atoms with Crippen LogP contribution in [-0.4, -0.2) is 23.0 Å². The second-order valence-corrected chi connectivity index (χ2v) is 8.78. The number of carbonyl (C=O) groups excluding carboxylic acids is 2. The highest BCUT2D eigenvalue weighted by molar-refractivity contribution is 5.84. The fourth-order valence-corrected chi connectivity index (χ4v) is 4.65.